The van der Waals surface area contributed by atoms with Gasteiger partial charge in [-0.05, 0) is 25.2 Å². The second-order valence-corrected chi connectivity index (χ2v) is 4.65. The minimum atomic E-state index is -0.375. The molecule has 0 unspecified atom stereocenters. The van der Waals surface area contributed by atoms with Crippen molar-refractivity contribution in [3.8, 4) is 10.6 Å². The Hall–Kier alpha value is -1.04. The van der Waals surface area contributed by atoms with Gasteiger partial charge in [-0.3, -0.25) is 0 Å². The Kier molecular flexibility index (Phi) is 3.48. The summed E-state index contributed by atoms with van der Waals surface area (Å²) in [4.78, 5) is 0. The average molecular weight is 258 g/mol. The maximum Gasteiger partial charge on any atom is 0.150 e. The highest BCUT2D eigenvalue weighted by Gasteiger charge is 2.11. The van der Waals surface area contributed by atoms with Crippen molar-refractivity contribution in [1.82, 2.24) is 15.5 Å². The van der Waals surface area contributed by atoms with Gasteiger partial charge in [0.1, 0.15) is 10.8 Å². The molecule has 3 nitrogen and oxygen atoms in total. The molecule has 84 valence electrons. The molecule has 0 aliphatic carbocycles. The number of nitrogens with zero attached hydrogens (tertiary/aromatic N) is 2. The van der Waals surface area contributed by atoms with Crippen LogP contribution in [0.5, 0.6) is 0 Å². The van der Waals surface area contributed by atoms with Crippen LogP contribution >= 0.6 is 22.9 Å². The molecule has 0 aliphatic heterocycles. The quantitative estimate of drug-likeness (QED) is 0.919. The highest BCUT2D eigenvalue weighted by molar-refractivity contribution is 7.14. The number of benzene rings is 1. The summed E-state index contributed by atoms with van der Waals surface area (Å²) in [5.41, 5.74) is 0.434. The van der Waals surface area contributed by atoms with Crippen LogP contribution in [-0.2, 0) is 6.54 Å². The molecule has 0 spiro atoms. The average Bonchev–Trinajstić information content (AvgIpc) is 2.67. The molecule has 0 amide bonds. The van der Waals surface area contributed by atoms with Crippen LogP contribution < -0.4 is 5.32 Å². The Labute approximate surface area is 101 Å². The second kappa shape index (κ2) is 4.86. The normalized spacial score (nSPS) is 10.7. The number of aromatic nitrogens is 2. The lowest BCUT2D eigenvalue weighted by Crippen LogP contribution is -2.04. The first kappa shape index (κ1) is 11.4. The molecular formula is C10H9ClFN3S. The van der Waals surface area contributed by atoms with Gasteiger partial charge in [-0.15, -0.1) is 10.2 Å². The smallest absolute Gasteiger partial charge is 0.150 e. The van der Waals surface area contributed by atoms with E-state index in [1.807, 2.05) is 7.05 Å². The second-order valence-electron chi connectivity index (χ2n) is 3.16. The lowest BCUT2D eigenvalue weighted by atomic mass is 10.2. The maximum absolute atomic E-state index is 13.6. The third-order valence-electron chi connectivity index (χ3n) is 1.96. The van der Waals surface area contributed by atoms with Crippen molar-refractivity contribution in [2.75, 3.05) is 7.05 Å². The highest BCUT2D eigenvalue weighted by atomic mass is 35.5. The predicted molar refractivity (Wildman–Crippen MR) is 63.1 cm³/mol. The van der Waals surface area contributed by atoms with Crippen LogP contribution in [0.25, 0.3) is 10.6 Å². The highest BCUT2D eigenvalue weighted by Crippen LogP contribution is 2.27. The van der Waals surface area contributed by atoms with Gasteiger partial charge in [0.15, 0.2) is 5.01 Å². The number of hydrogen-bond donors (Lipinski definition) is 1. The van der Waals surface area contributed by atoms with Crippen LogP contribution in [0.2, 0.25) is 5.02 Å². The Balaban J connectivity index is 2.35. The monoisotopic (exact) mass is 257 g/mol. The summed E-state index contributed by atoms with van der Waals surface area (Å²) in [7, 11) is 1.82. The molecule has 2 rings (SSSR count). The van der Waals surface area contributed by atoms with E-state index in [0.717, 1.165) is 5.01 Å². The lowest BCUT2D eigenvalue weighted by molar-refractivity contribution is 0.631. The van der Waals surface area contributed by atoms with Gasteiger partial charge >= 0.3 is 0 Å². The van der Waals surface area contributed by atoms with Gasteiger partial charge in [0, 0.05) is 17.1 Å². The summed E-state index contributed by atoms with van der Waals surface area (Å²) >= 11 is 7.04. The van der Waals surface area contributed by atoms with Crippen LogP contribution in [0.15, 0.2) is 18.2 Å². The summed E-state index contributed by atoms with van der Waals surface area (Å²) in [5, 5.41) is 12.6. The Morgan fingerprint density at radius 2 is 2.25 bits per heavy atom. The lowest BCUT2D eigenvalue weighted by Gasteiger charge is -1.97. The molecule has 16 heavy (non-hydrogen) atoms. The van der Waals surface area contributed by atoms with E-state index in [9.17, 15) is 4.39 Å². The topological polar surface area (TPSA) is 37.8 Å². The molecule has 2 aromatic rings. The van der Waals surface area contributed by atoms with E-state index in [4.69, 9.17) is 11.6 Å². The SMILES string of the molecule is CNCc1nnc(-c2ccc(Cl)cc2F)s1. The van der Waals surface area contributed by atoms with Gasteiger partial charge in [-0.1, -0.05) is 22.9 Å². The van der Waals surface area contributed by atoms with Gasteiger partial charge < -0.3 is 5.32 Å². The van der Waals surface area contributed by atoms with E-state index in [1.54, 1.807) is 12.1 Å². The summed E-state index contributed by atoms with van der Waals surface area (Å²) in [6, 6.07) is 4.52. The van der Waals surface area contributed by atoms with Crippen molar-refractivity contribution in [1.29, 1.82) is 0 Å². The Morgan fingerprint density at radius 3 is 2.94 bits per heavy atom. The molecular weight excluding hydrogens is 249 g/mol. The minimum absolute atomic E-state index is 0.375. The zero-order valence-corrected chi connectivity index (χ0v) is 10.1. The van der Waals surface area contributed by atoms with Crippen LogP contribution in [-0.4, -0.2) is 17.2 Å². The molecule has 6 heteroatoms. The molecule has 0 bridgehead atoms. The fraction of sp³-hybridized carbons (Fsp3) is 0.200. The van der Waals surface area contributed by atoms with Crippen molar-refractivity contribution in [3.05, 3.63) is 34.0 Å². The molecule has 0 aliphatic rings. The van der Waals surface area contributed by atoms with Crippen molar-refractivity contribution < 1.29 is 4.39 Å². The van der Waals surface area contributed by atoms with Crippen LogP contribution in [0, 0.1) is 5.82 Å². The van der Waals surface area contributed by atoms with E-state index in [-0.39, 0.29) is 5.82 Å². The minimum Gasteiger partial charge on any atom is -0.313 e. The van der Waals surface area contributed by atoms with Gasteiger partial charge in [-0.25, -0.2) is 4.39 Å². The number of nitrogens with one attached hydrogen (secondary N) is 1. The van der Waals surface area contributed by atoms with E-state index in [0.29, 0.717) is 22.1 Å². The first-order valence-corrected chi connectivity index (χ1v) is 5.82. The first-order chi connectivity index (χ1) is 7.70. The molecule has 0 saturated carbocycles. The molecule has 0 radical (unpaired) electrons. The van der Waals surface area contributed by atoms with E-state index >= 15 is 0 Å². The maximum atomic E-state index is 13.6. The summed E-state index contributed by atoms with van der Waals surface area (Å²) < 4.78 is 13.6. The van der Waals surface area contributed by atoms with Gasteiger partial charge in [0.25, 0.3) is 0 Å². The largest absolute Gasteiger partial charge is 0.313 e. The Bertz CT molecular complexity index is 501. The summed E-state index contributed by atoms with van der Waals surface area (Å²) in [5.74, 6) is -0.375. The van der Waals surface area contributed by atoms with Gasteiger partial charge in [0.05, 0.1) is 0 Å². The van der Waals surface area contributed by atoms with Crippen LogP contribution in [0.3, 0.4) is 0 Å². The molecule has 1 aromatic carbocycles. The van der Waals surface area contributed by atoms with Crippen LogP contribution in [0.1, 0.15) is 5.01 Å². The predicted octanol–water partition coefficient (Wildman–Crippen LogP) is 2.72. The van der Waals surface area contributed by atoms with Gasteiger partial charge in [0.2, 0.25) is 0 Å². The third kappa shape index (κ3) is 2.37. The molecule has 0 atom stereocenters. The van der Waals surface area contributed by atoms with Crippen molar-refractivity contribution in [2.24, 2.45) is 0 Å². The van der Waals surface area contributed by atoms with Crippen LogP contribution in [0.4, 0.5) is 4.39 Å². The molecule has 1 N–H and O–H groups in total. The van der Waals surface area contributed by atoms with Crippen molar-refractivity contribution in [2.45, 2.75) is 6.54 Å². The zero-order chi connectivity index (χ0) is 11.5. The van der Waals surface area contributed by atoms with E-state index < -0.39 is 0 Å². The standard InChI is InChI=1S/C10H9ClFN3S/c1-13-5-9-14-15-10(16-9)7-3-2-6(11)4-8(7)12/h2-4,13H,5H2,1H3. The first-order valence-electron chi connectivity index (χ1n) is 4.63. The van der Waals surface area contributed by atoms with Crippen molar-refractivity contribution >= 4 is 22.9 Å². The van der Waals surface area contributed by atoms with Gasteiger partial charge in [-0.2, -0.15) is 0 Å². The fourth-order valence-electron chi connectivity index (χ4n) is 1.25. The summed E-state index contributed by atoms with van der Waals surface area (Å²) in [6.07, 6.45) is 0. The van der Waals surface area contributed by atoms with E-state index in [1.165, 1.54) is 17.4 Å². The molecule has 0 saturated heterocycles. The zero-order valence-electron chi connectivity index (χ0n) is 8.50. The summed E-state index contributed by atoms with van der Waals surface area (Å²) in [6.45, 7) is 0.632. The Morgan fingerprint density at radius 1 is 1.44 bits per heavy atom. The van der Waals surface area contributed by atoms with E-state index in [2.05, 4.69) is 15.5 Å². The van der Waals surface area contributed by atoms with Crippen molar-refractivity contribution in [3.63, 3.8) is 0 Å². The number of hydrogen-bond acceptors (Lipinski definition) is 4. The molecule has 1 heterocycles. The number of rotatable bonds is 3. The number of halogens is 2. The molecule has 0 fully saturated rings. The third-order valence-corrected chi connectivity index (χ3v) is 3.15. The molecule has 1 aromatic heterocycles. The fourth-order valence-corrected chi connectivity index (χ4v) is 2.29.